The molecule has 1 N–H and O–H groups in total. The molecule has 0 radical (unpaired) electrons. The average Bonchev–Trinajstić information content (AvgIpc) is 2.39. The first-order chi connectivity index (χ1) is 8.69. The van der Waals surface area contributed by atoms with Crippen molar-refractivity contribution in [3.8, 4) is 11.5 Å². The van der Waals surface area contributed by atoms with Crippen LogP contribution in [0.25, 0.3) is 0 Å². The van der Waals surface area contributed by atoms with Crippen LogP contribution in [-0.4, -0.2) is 10.1 Å². The first kappa shape index (κ1) is 13.3. The van der Waals surface area contributed by atoms with Crippen molar-refractivity contribution in [2.24, 2.45) is 0 Å². The first-order valence-electron chi connectivity index (χ1n) is 5.76. The summed E-state index contributed by atoms with van der Waals surface area (Å²) < 4.78 is 6.80. The van der Waals surface area contributed by atoms with Crippen LogP contribution in [0.4, 0.5) is 0 Å². The van der Waals surface area contributed by atoms with Gasteiger partial charge in [0, 0.05) is 3.57 Å². The van der Waals surface area contributed by atoms with E-state index in [1.807, 2.05) is 37.3 Å². The number of hydrogen-bond donors (Lipinski definition) is 1. The second-order valence-corrected chi connectivity index (χ2v) is 5.15. The van der Waals surface area contributed by atoms with Gasteiger partial charge >= 0.3 is 0 Å². The average molecular weight is 355 g/mol. The number of aliphatic hydroxyl groups is 1. The standard InChI is InChI=1S/C14H14INO2/c1-2-14(17)13-7-6-12(9-16-13)18-11-5-3-4-10(15)8-11/h3-9,14,17H,2H2,1H3/t14-/m0/s1. The van der Waals surface area contributed by atoms with Crippen molar-refractivity contribution in [3.05, 3.63) is 51.9 Å². The molecule has 0 spiro atoms. The quantitative estimate of drug-likeness (QED) is 0.846. The molecule has 0 aliphatic rings. The lowest BCUT2D eigenvalue weighted by Gasteiger charge is -2.09. The van der Waals surface area contributed by atoms with E-state index in [2.05, 4.69) is 27.6 Å². The fourth-order valence-corrected chi connectivity index (χ4v) is 2.04. The van der Waals surface area contributed by atoms with Crippen LogP contribution in [0.1, 0.15) is 25.1 Å². The minimum atomic E-state index is -0.503. The van der Waals surface area contributed by atoms with Crippen LogP contribution in [0.2, 0.25) is 0 Å². The fourth-order valence-electron chi connectivity index (χ4n) is 1.52. The van der Waals surface area contributed by atoms with Gasteiger partial charge in [-0.1, -0.05) is 13.0 Å². The summed E-state index contributed by atoms with van der Waals surface area (Å²) in [7, 11) is 0. The van der Waals surface area contributed by atoms with Crippen molar-refractivity contribution in [3.63, 3.8) is 0 Å². The van der Waals surface area contributed by atoms with E-state index in [1.165, 1.54) is 0 Å². The van der Waals surface area contributed by atoms with Crippen molar-refractivity contribution < 1.29 is 9.84 Å². The van der Waals surface area contributed by atoms with Crippen LogP contribution < -0.4 is 4.74 Å². The summed E-state index contributed by atoms with van der Waals surface area (Å²) in [6.07, 6.45) is 1.79. The molecule has 0 amide bonds. The number of benzene rings is 1. The van der Waals surface area contributed by atoms with E-state index < -0.39 is 6.10 Å². The summed E-state index contributed by atoms with van der Waals surface area (Å²) in [4.78, 5) is 4.19. The molecule has 18 heavy (non-hydrogen) atoms. The lowest BCUT2D eigenvalue weighted by atomic mass is 10.2. The lowest BCUT2D eigenvalue weighted by molar-refractivity contribution is 0.169. The van der Waals surface area contributed by atoms with Gasteiger partial charge in [-0.05, 0) is 59.3 Å². The zero-order valence-electron chi connectivity index (χ0n) is 10.0. The topological polar surface area (TPSA) is 42.4 Å². The zero-order valence-corrected chi connectivity index (χ0v) is 12.2. The summed E-state index contributed by atoms with van der Waals surface area (Å²) in [5.74, 6) is 1.46. The molecule has 4 heteroatoms. The van der Waals surface area contributed by atoms with Gasteiger partial charge in [0.25, 0.3) is 0 Å². The van der Waals surface area contributed by atoms with E-state index in [0.29, 0.717) is 17.9 Å². The predicted molar refractivity (Wildman–Crippen MR) is 78.7 cm³/mol. The molecule has 1 heterocycles. The Labute approximate surface area is 120 Å². The third kappa shape index (κ3) is 3.43. The summed E-state index contributed by atoms with van der Waals surface area (Å²) in [6, 6.07) is 11.4. The van der Waals surface area contributed by atoms with E-state index in [4.69, 9.17) is 4.74 Å². The molecule has 2 aromatic rings. The maximum absolute atomic E-state index is 9.64. The van der Waals surface area contributed by atoms with Crippen molar-refractivity contribution in [2.75, 3.05) is 0 Å². The largest absolute Gasteiger partial charge is 0.456 e. The minimum absolute atomic E-state index is 0.503. The molecule has 0 saturated heterocycles. The number of ether oxygens (including phenoxy) is 1. The molecule has 0 aliphatic carbocycles. The third-order valence-electron chi connectivity index (χ3n) is 2.52. The number of nitrogens with zero attached hydrogens (tertiary/aromatic N) is 1. The van der Waals surface area contributed by atoms with Gasteiger partial charge in [0.15, 0.2) is 0 Å². The van der Waals surface area contributed by atoms with Gasteiger partial charge in [0.1, 0.15) is 11.5 Å². The highest BCUT2D eigenvalue weighted by Gasteiger charge is 2.06. The van der Waals surface area contributed by atoms with Gasteiger partial charge in [0.05, 0.1) is 18.0 Å². The molecule has 0 unspecified atom stereocenters. The van der Waals surface area contributed by atoms with Crippen LogP contribution in [0.5, 0.6) is 11.5 Å². The number of hydrogen-bond acceptors (Lipinski definition) is 3. The fraction of sp³-hybridized carbons (Fsp3) is 0.214. The molecular formula is C14H14INO2. The van der Waals surface area contributed by atoms with E-state index in [9.17, 15) is 5.11 Å². The molecular weight excluding hydrogens is 341 g/mol. The Bertz CT molecular complexity index is 513. The monoisotopic (exact) mass is 355 g/mol. The molecule has 94 valence electrons. The Morgan fingerprint density at radius 3 is 2.72 bits per heavy atom. The van der Waals surface area contributed by atoms with E-state index in [1.54, 1.807) is 12.3 Å². The highest BCUT2D eigenvalue weighted by Crippen LogP contribution is 2.23. The molecule has 2 rings (SSSR count). The summed E-state index contributed by atoms with van der Waals surface area (Å²) in [5, 5.41) is 9.64. The van der Waals surface area contributed by atoms with Crippen LogP contribution in [0, 0.1) is 3.57 Å². The van der Waals surface area contributed by atoms with Crippen molar-refractivity contribution in [2.45, 2.75) is 19.4 Å². The van der Waals surface area contributed by atoms with Gasteiger partial charge in [-0.15, -0.1) is 0 Å². The van der Waals surface area contributed by atoms with Crippen molar-refractivity contribution >= 4 is 22.6 Å². The maximum atomic E-state index is 9.64. The second kappa shape index (κ2) is 6.15. The van der Waals surface area contributed by atoms with Gasteiger partial charge in [0.2, 0.25) is 0 Å². The highest BCUT2D eigenvalue weighted by atomic mass is 127. The Balaban J connectivity index is 2.11. The number of halogens is 1. The van der Waals surface area contributed by atoms with E-state index in [-0.39, 0.29) is 0 Å². The highest BCUT2D eigenvalue weighted by molar-refractivity contribution is 14.1. The first-order valence-corrected chi connectivity index (χ1v) is 6.84. The Morgan fingerprint density at radius 1 is 1.28 bits per heavy atom. The van der Waals surface area contributed by atoms with Crippen molar-refractivity contribution in [1.29, 1.82) is 0 Å². The summed E-state index contributed by atoms with van der Waals surface area (Å²) in [6.45, 7) is 1.92. The van der Waals surface area contributed by atoms with Crippen LogP contribution >= 0.6 is 22.6 Å². The van der Waals surface area contributed by atoms with Crippen molar-refractivity contribution in [1.82, 2.24) is 4.98 Å². The van der Waals surface area contributed by atoms with Crippen LogP contribution in [0.3, 0.4) is 0 Å². The molecule has 0 aliphatic heterocycles. The molecule has 1 atom stereocenters. The molecule has 0 fully saturated rings. The molecule has 1 aromatic carbocycles. The van der Waals surface area contributed by atoms with Gasteiger partial charge in [-0.2, -0.15) is 0 Å². The molecule has 1 aromatic heterocycles. The number of aromatic nitrogens is 1. The normalized spacial score (nSPS) is 12.2. The lowest BCUT2D eigenvalue weighted by Crippen LogP contribution is -1.98. The molecule has 3 nitrogen and oxygen atoms in total. The Morgan fingerprint density at radius 2 is 2.11 bits per heavy atom. The maximum Gasteiger partial charge on any atom is 0.145 e. The van der Waals surface area contributed by atoms with E-state index in [0.717, 1.165) is 9.32 Å². The predicted octanol–water partition coefficient (Wildman–Crippen LogP) is 3.92. The molecule has 0 bridgehead atoms. The van der Waals surface area contributed by atoms with Gasteiger partial charge in [-0.3, -0.25) is 4.98 Å². The van der Waals surface area contributed by atoms with Crippen LogP contribution in [0.15, 0.2) is 42.6 Å². The van der Waals surface area contributed by atoms with E-state index >= 15 is 0 Å². The molecule has 0 saturated carbocycles. The summed E-state index contributed by atoms with van der Waals surface area (Å²) in [5.41, 5.74) is 0.674. The zero-order chi connectivity index (χ0) is 13.0. The smallest absolute Gasteiger partial charge is 0.145 e. The van der Waals surface area contributed by atoms with Gasteiger partial charge < -0.3 is 9.84 Å². The number of rotatable bonds is 4. The second-order valence-electron chi connectivity index (χ2n) is 3.90. The summed E-state index contributed by atoms with van der Waals surface area (Å²) >= 11 is 2.24. The Kier molecular flexibility index (Phi) is 4.54. The number of aliphatic hydroxyl groups excluding tert-OH is 1. The SMILES string of the molecule is CC[C@H](O)c1ccc(Oc2cccc(I)c2)cn1. The number of pyridine rings is 1. The van der Waals surface area contributed by atoms with Gasteiger partial charge in [-0.25, -0.2) is 0 Å². The van der Waals surface area contributed by atoms with Crippen LogP contribution in [-0.2, 0) is 0 Å². The third-order valence-corrected chi connectivity index (χ3v) is 3.19. The Hall–Kier alpha value is -1.14. The minimum Gasteiger partial charge on any atom is -0.456 e.